The van der Waals surface area contributed by atoms with Gasteiger partial charge in [0.05, 0.1) is 27.3 Å². The van der Waals surface area contributed by atoms with Gasteiger partial charge in [-0.1, -0.05) is 23.2 Å². The molecule has 0 spiro atoms. The maximum Gasteiger partial charge on any atom is 0.335 e. The van der Waals surface area contributed by atoms with Gasteiger partial charge in [0.15, 0.2) is 5.75 Å². The van der Waals surface area contributed by atoms with Gasteiger partial charge in [-0.2, -0.15) is 0 Å². The zero-order valence-electron chi connectivity index (χ0n) is 15.7. The standard InChI is InChI=1S/C19H13Cl2N3O7/c1-2-31-15-7-9(6-14(16(15)25)24(29)30)5-11-17(26)22-19(28)23(18(11)27)10-3-4-12(20)13(21)8-10/h3-8,25H,2H2,1H3,(H,22,26,28)/b11-5+. The highest BCUT2D eigenvalue weighted by molar-refractivity contribution is 6.43. The highest BCUT2D eigenvalue weighted by Gasteiger charge is 2.37. The molecular formula is C19H13Cl2N3O7. The van der Waals surface area contributed by atoms with Gasteiger partial charge in [0.1, 0.15) is 5.57 Å². The predicted molar refractivity (Wildman–Crippen MR) is 111 cm³/mol. The van der Waals surface area contributed by atoms with Crippen LogP contribution in [0.4, 0.5) is 16.2 Å². The quantitative estimate of drug-likeness (QED) is 0.297. The highest BCUT2D eigenvalue weighted by Crippen LogP contribution is 2.38. The number of anilines is 1. The van der Waals surface area contributed by atoms with Gasteiger partial charge in [0.2, 0.25) is 5.75 Å². The topological polar surface area (TPSA) is 139 Å². The van der Waals surface area contributed by atoms with Crippen LogP contribution in [0.5, 0.6) is 11.5 Å². The SMILES string of the molecule is CCOc1cc(/C=C2\C(=O)NC(=O)N(c3ccc(Cl)c(Cl)c3)C2=O)cc([N+](=O)[O-])c1O. The number of carbonyl (C=O) groups is 3. The first-order valence-corrected chi connectivity index (χ1v) is 9.40. The lowest BCUT2D eigenvalue weighted by Gasteiger charge is -2.26. The molecule has 0 bridgehead atoms. The van der Waals surface area contributed by atoms with Crippen molar-refractivity contribution in [2.45, 2.75) is 6.92 Å². The minimum atomic E-state index is -1.00. The van der Waals surface area contributed by atoms with Gasteiger partial charge in [0.25, 0.3) is 11.8 Å². The number of hydrogen-bond acceptors (Lipinski definition) is 7. The Hall–Kier alpha value is -3.63. The number of urea groups is 1. The molecule has 0 aromatic heterocycles. The lowest BCUT2D eigenvalue weighted by molar-refractivity contribution is -0.386. The summed E-state index contributed by atoms with van der Waals surface area (Å²) in [6.45, 7) is 1.71. The van der Waals surface area contributed by atoms with Crippen molar-refractivity contribution in [3.8, 4) is 11.5 Å². The Bertz CT molecular complexity index is 1160. The third kappa shape index (κ3) is 4.30. The van der Waals surface area contributed by atoms with E-state index >= 15 is 0 Å². The van der Waals surface area contributed by atoms with E-state index in [1.54, 1.807) is 6.92 Å². The average molecular weight is 466 g/mol. The monoisotopic (exact) mass is 465 g/mol. The molecule has 1 heterocycles. The number of amides is 4. The van der Waals surface area contributed by atoms with E-state index in [-0.39, 0.29) is 33.7 Å². The second kappa shape index (κ2) is 8.62. The molecule has 3 rings (SSSR count). The van der Waals surface area contributed by atoms with Gasteiger partial charge in [-0.25, -0.2) is 9.69 Å². The number of nitro benzene ring substituents is 1. The number of carbonyl (C=O) groups excluding carboxylic acids is 3. The fourth-order valence-electron chi connectivity index (χ4n) is 2.78. The van der Waals surface area contributed by atoms with Crippen LogP contribution >= 0.6 is 23.2 Å². The summed E-state index contributed by atoms with van der Waals surface area (Å²) < 4.78 is 5.18. The van der Waals surface area contributed by atoms with Crippen LogP contribution in [-0.4, -0.2) is 34.5 Å². The first-order valence-electron chi connectivity index (χ1n) is 8.64. The van der Waals surface area contributed by atoms with Crippen molar-refractivity contribution >= 4 is 58.5 Å². The average Bonchev–Trinajstić information content (AvgIpc) is 2.69. The third-order valence-electron chi connectivity index (χ3n) is 4.15. The molecule has 1 fully saturated rings. The number of barbiturate groups is 1. The van der Waals surface area contributed by atoms with Crippen molar-refractivity contribution in [3.63, 3.8) is 0 Å². The van der Waals surface area contributed by atoms with E-state index in [2.05, 4.69) is 0 Å². The number of nitro groups is 1. The van der Waals surface area contributed by atoms with Crippen molar-refractivity contribution in [2.24, 2.45) is 0 Å². The third-order valence-corrected chi connectivity index (χ3v) is 4.89. The van der Waals surface area contributed by atoms with Crippen molar-refractivity contribution in [1.82, 2.24) is 5.32 Å². The van der Waals surface area contributed by atoms with Crippen molar-refractivity contribution in [3.05, 3.63) is 61.6 Å². The van der Waals surface area contributed by atoms with E-state index in [9.17, 15) is 29.6 Å². The second-order valence-electron chi connectivity index (χ2n) is 6.13. The Morgan fingerprint density at radius 1 is 1.19 bits per heavy atom. The molecule has 0 aliphatic carbocycles. The number of imide groups is 2. The van der Waals surface area contributed by atoms with Gasteiger partial charge in [-0.15, -0.1) is 0 Å². The second-order valence-corrected chi connectivity index (χ2v) is 6.95. The molecule has 1 aliphatic rings. The number of rotatable bonds is 5. The van der Waals surface area contributed by atoms with Crippen LogP contribution in [0, 0.1) is 10.1 Å². The summed E-state index contributed by atoms with van der Waals surface area (Å²) in [6, 6.07) is 5.18. The Labute approximate surface area is 184 Å². The summed E-state index contributed by atoms with van der Waals surface area (Å²) in [5.41, 5.74) is -1.08. The number of nitrogens with one attached hydrogen (secondary N) is 1. The molecule has 1 aliphatic heterocycles. The summed E-state index contributed by atoms with van der Waals surface area (Å²) in [5.74, 6) is -2.88. The number of phenols is 1. The fraction of sp³-hybridized carbons (Fsp3) is 0.105. The summed E-state index contributed by atoms with van der Waals surface area (Å²) in [7, 11) is 0. The van der Waals surface area contributed by atoms with E-state index in [0.717, 1.165) is 12.1 Å². The van der Waals surface area contributed by atoms with E-state index in [4.69, 9.17) is 27.9 Å². The zero-order chi connectivity index (χ0) is 22.9. The number of nitrogens with zero attached hydrogens (tertiary/aromatic N) is 2. The largest absolute Gasteiger partial charge is 0.500 e. The highest BCUT2D eigenvalue weighted by atomic mass is 35.5. The van der Waals surface area contributed by atoms with Crippen LogP contribution < -0.4 is 15.0 Å². The first kappa shape index (κ1) is 22.1. The molecule has 2 N–H and O–H groups in total. The molecule has 2 aromatic rings. The van der Waals surface area contributed by atoms with Crippen LogP contribution in [0.1, 0.15) is 12.5 Å². The minimum Gasteiger partial charge on any atom is -0.500 e. The number of benzene rings is 2. The van der Waals surface area contributed by atoms with Crippen molar-refractivity contribution in [1.29, 1.82) is 0 Å². The Kier molecular flexibility index (Phi) is 6.14. The van der Waals surface area contributed by atoms with Crippen molar-refractivity contribution < 1.29 is 29.2 Å². The molecule has 10 nitrogen and oxygen atoms in total. The van der Waals surface area contributed by atoms with Crippen LogP contribution in [0.2, 0.25) is 10.0 Å². The van der Waals surface area contributed by atoms with Gasteiger partial charge >= 0.3 is 11.7 Å². The van der Waals surface area contributed by atoms with E-state index in [1.165, 1.54) is 24.3 Å². The molecule has 0 radical (unpaired) electrons. The van der Waals surface area contributed by atoms with Crippen LogP contribution in [0.3, 0.4) is 0 Å². The van der Waals surface area contributed by atoms with Gasteiger partial charge in [-0.05, 0) is 42.8 Å². The predicted octanol–water partition coefficient (Wildman–Crippen LogP) is 3.67. The Morgan fingerprint density at radius 2 is 1.90 bits per heavy atom. The normalized spacial score (nSPS) is 15.3. The summed E-state index contributed by atoms with van der Waals surface area (Å²) >= 11 is 11.8. The maximum absolute atomic E-state index is 12.9. The molecule has 1 saturated heterocycles. The van der Waals surface area contributed by atoms with E-state index in [0.29, 0.717) is 4.90 Å². The number of halogens is 2. The molecule has 31 heavy (non-hydrogen) atoms. The Balaban J connectivity index is 2.09. The summed E-state index contributed by atoms with van der Waals surface area (Å²) in [4.78, 5) is 48.6. The van der Waals surface area contributed by atoms with Crippen molar-refractivity contribution in [2.75, 3.05) is 11.5 Å². The first-order chi connectivity index (χ1) is 14.6. The smallest absolute Gasteiger partial charge is 0.335 e. The molecule has 0 unspecified atom stereocenters. The fourth-order valence-corrected chi connectivity index (χ4v) is 3.08. The van der Waals surface area contributed by atoms with Crippen LogP contribution in [0.25, 0.3) is 6.08 Å². The number of ether oxygens (including phenoxy) is 1. The molecule has 2 aromatic carbocycles. The maximum atomic E-state index is 12.9. The molecule has 0 atom stereocenters. The number of phenolic OH excluding ortho intramolecular Hbond substituents is 1. The van der Waals surface area contributed by atoms with Gasteiger partial charge in [0, 0.05) is 6.07 Å². The summed E-state index contributed by atoms with van der Waals surface area (Å²) in [6.07, 6.45) is 1.05. The lowest BCUT2D eigenvalue weighted by atomic mass is 10.1. The van der Waals surface area contributed by atoms with E-state index in [1.807, 2.05) is 5.32 Å². The molecule has 0 saturated carbocycles. The van der Waals surface area contributed by atoms with Gasteiger partial charge in [-0.3, -0.25) is 25.0 Å². The molecule has 4 amide bonds. The van der Waals surface area contributed by atoms with Crippen LogP contribution in [0.15, 0.2) is 35.9 Å². The van der Waals surface area contributed by atoms with Gasteiger partial charge < -0.3 is 9.84 Å². The Morgan fingerprint density at radius 3 is 2.52 bits per heavy atom. The minimum absolute atomic E-state index is 0.0230. The van der Waals surface area contributed by atoms with E-state index < -0.39 is 39.8 Å². The summed E-state index contributed by atoms with van der Waals surface area (Å²) in [5, 5.41) is 23.5. The molecular weight excluding hydrogens is 453 g/mol. The molecule has 160 valence electrons. The number of hydrogen-bond donors (Lipinski definition) is 2. The van der Waals surface area contributed by atoms with Crippen LogP contribution in [-0.2, 0) is 9.59 Å². The lowest BCUT2D eigenvalue weighted by Crippen LogP contribution is -2.54. The number of aromatic hydroxyl groups is 1. The molecule has 12 heteroatoms. The zero-order valence-corrected chi connectivity index (χ0v) is 17.2.